The molecule has 0 radical (unpaired) electrons. The van der Waals surface area contributed by atoms with Crippen LogP contribution in [0.15, 0.2) is 54.6 Å². The number of halogens is 3. The largest absolute Gasteiger partial charge is 0.416 e. The van der Waals surface area contributed by atoms with Gasteiger partial charge in [-0.2, -0.15) is 13.2 Å². The number of hydrogen-bond acceptors (Lipinski definition) is 2. The third kappa shape index (κ3) is 4.97. The molecule has 4 rings (SSSR count). The molecule has 2 saturated heterocycles. The van der Waals surface area contributed by atoms with E-state index < -0.39 is 17.8 Å². The highest BCUT2D eigenvalue weighted by molar-refractivity contribution is 5.79. The third-order valence-electron chi connectivity index (χ3n) is 6.49. The van der Waals surface area contributed by atoms with Gasteiger partial charge >= 0.3 is 6.18 Å². The SMILES string of the molecule is O=C1CCCC[C@H]2[C@@H](C[C@@H](c3cccc(C(F)(F)F)c3)N2C(=O)CCc2ccccc2)N1. The molecule has 2 aliphatic rings. The molecule has 2 aromatic rings. The van der Waals surface area contributed by atoms with Gasteiger partial charge in [0.05, 0.1) is 23.7 Å². The van der Waals surface area contributed by atoms with Crippen molar-refractivity contribution in [3.63, 3.8) is 0 Å². The Bertz CT molecular complexity index is 961. The van der Waals surface area contributed by atoms with Crippen molar-refractivity contribution >= 4 is 11.8 Å². The molecule has 0 aliphatic carbocycles. The Balaban J connectivity index is 1.63. The molecule has 0 aromatic heterocycles. The van der Waals surface area contributed by atoms with Gasteiger partial charge in [-0.1, -0.05) is 48.9 Å². The van der Waals surface area contributed by atoms with Gasteiger partial charge < -0.3 is 10.2 Å². The standard InChI is InChI=1S/C25H27F3N2O2/c26-25(27,28)19-10-6-9-18(15-19)22-16-20-21(11-4-5-12-23(31)29-20)30(22)24(32)14-13-17-7-2-1-3-8-17/h1-3,6-10,15,20-22H,4-5,11-14,16H2,(H,29,31)/t20-,21+,22+/m1/s1. The summed E-state index contributed by atoms with van der Waals surface area (Å²) in [5, 5.41) is 3.03. The Hall–Kier alpha value is -2.83. The van der Waals surface area contributed by atoms with E-state index >= 15 is 0 Å². The number of amides is 2. The van der Waals surface area contributed by atoms with Crippen LogP contribution in [0.5, 0.6) is 0 Å². The number of hydrogen-bond donors (Lipinski definition) is 1. The van der Waals surface area contributed by atoms with Crippen molar-refractivity contribution in [1.29, 1.82) is 0 Å². The summed E-state index contributed by atoms with van der Waals surface area (Å²) in [6.45, 7) is 0. The van der Waals surface area contributed by atoms with E-state index in [1.54, 1.807) is 11.0 Å². The van der Waals surface area contributed by atoms with Gasteiger partial charge in [-0.15, -0.1) is 0 Å². The maximum Gasteiger partial charge on any atom is 0.416 e. The van der Waals surface area contributed by atoms with Crippen molar-refractivity contribution in [2.75, 3.05) is 0 Å². The average Bonchev–Trinajstić information content (AvgIpc) is 3.11. The number of rotatable bonds is 4. The fraction of sp³-hybridized carbons (Fsp3) is 0.440. The van der Waals surface area contributed by atoms with Crippen LogP contribution in [0.3, 0.4) is 0 Å². The lowest BCUT2D eigenvalue weighted by Crippen LogP contribution is -2.48. The normalized spacial score (nSPS) is 23.8. The molecule has 3 atom stereocenters. The van der Waals surface area contributed by atoms with Gasteiger partial charge in [-0.25, -0.2) is 0 Å². The van der Waals surface area contributed by atoms with Crippen LogP contribution in [0.1, 0.15) is 61.3 Å². The van der Waals surface area contributed by atoms with Crippen molar-refractivity contribution in [2.45, 2.75) is 69.2 Å². The Morgan fingerprint density at radius 3 is 2.59 bits per heavy atom. The first kappa shape index (κ1) is 22.4. The maximum absolute atomic E-state index is 13.4. The number of aryl methyl sites for hydroxylation is 1. The second-order valence-electron chi connectivity index (χ2n) is 8.65. The van der Waals surface area contributed by atoms with E-state index in [2.05, 4.69) is 5.32 Å². The maximum atomic E-state index is 13.4. The van der Waals surface area contributed by atoms with Crippen LogP contribution in [0.4, 0.5) is 13.2 Å². The van der Waals surface area contributed by atoms with E-state index in [9.17, 15) is 22.8 Å². The predicted molar refractivity (Wildman–Crippen MR) is 115 cm³/mol. The zero-order valence-corrected chi connectivity index (χ0v) is 17.8. The number of fused-ring (bicyclic) bond motifs is 1. The van der Waals surface area contributed by atoms with Gasteiger partial charge in [0, 0.05) is 12.8 Å². The van der Waals surface area contributed by atoms with Crippen LogP contribution in [0.25, 0.3) is 0 Å². The smallest absolute Gasteiger partial charge is 0.351 e. The van der Waals surface area contributed by atoms with Crippen LogP contribution in [0.2, 0.25) is 0 Å². The first-order valence-corrected chi connectivity index (χ1v) is 11.1. The summed E-state index contributed by atoms with van der Waals surface area (Å²) in [4.78, 5) is 27.4. The highest BCUT2D eigenvalue weighted by atomic mass is 19.4. The molecular weight excluding hydrogens is 417 g/mol. The number of likely N-dealkylation sites (tertiary alicyclic amines) is 1. The highest BCUT2D eigenvalue weighted by Crippen LogP contribution is 2.41. The minimum absolute atomic E-state index is 0.0546. The molecule has 0 unspecified atom stereocenters. The molecule has 0 spiro atoms. The highest BCUT2D eigenvalue weighted by Gasteiger charge is 2.45. The number of carbonyl (C=O) groups is 2. The van der Waals surface area contributed by atoms with E-state index in [1.165, 1.54) is 6.07 Å². The second-order valence-corrected chi connectivity index (χ2v) is 8.65. The minimum atomic E-state index is -4.45. The fourth-order valence-corrected chi connectivity index (χ4v) is 4.95. The Morgan fingerprint density at radius 2 is 1.84 bits per heavy atom. The molecule has 0 saturated carbocycles. The molecule has 2 amide bonds. The summed E-state index contributed by atoms with van der Waals surface area (Å²) in [7, 11) is 0. The first-order chi connectivity index (χ1) is 15.3. The predicted octanol–water partition coefficient (Wildman–Crippen LogP) is 5.04. The van der Waals surface area contributed by atoms with Crippen molar-refractivity contribution in [1.82, 2.24) is 10.2 Å². The Morgan fingerprint density at radius 1 is 1.06 bits per heavy atom. The van der Waals surface area contributed by atoms with E-state index in [-0.39, 0.29) is 30.3 Å². The molecule has 4 nitrogen and oxygen atoms in total. The molecule has 2 heterocycles. The number of benzene rings is 2. The van der Waals surface area contributed by atoms with E-state index in [0.29, 0.717) is 24.8 Å². The van der Waals surface area contributed by atoms with Gasteiger partial charge in [0.15, 0.2) is 0 Å². The van der Waals surface area contributed by atoms with E-state index in [1.807, 2.05) is 30.3 Å². The van der Waals surface area contributed by atoms with Crippen molar-refractivity contribution < 1.29 is 22.8 Å². The first-order valence-electron chi connectivity index (χ1n) is 11.1. The lowest BCUT2D eigenvalue weighted by Gasteiger charge is -2.33. The fourth-order valence-electron chi connectivity index (χ4n) is 4.95. The summed E-state index contributed by atoms with van der Waals surface area (Å²) in [5.74, 6) is -0.139. The Kier molecular flexibility index (Phi) is 6.53. The molecule has 7 heteroatoms. The molecule has 2 fully saturated rings. The van der Waals surface area contributed by atoms with Gasteiger partial charge in [0.2, 0.25) is 11.8 Å². The van der Waals surface area contributed by atoms with Crippen LogP contribution >= 0.6 is 0 Å². The zero-order valence-electron chi connectivity index (χ0n) is 17.8. The van der Waals surface area contributed by atoms with Gasteiger partial charge in [0.25, 0.3) is 0 Å². The van der Waals surface area contributed by atoms with Crippen molar-refractivity contribution in [2.24, 2.45) is 0 Å². The summed E-state index contributed by atoms with van der Waals surface area (Å²) in [5.41, 5.74) is 0.784. The zero-order chi connectivity index (χ0) is 22.7. The molecule has 32 heavy (non-hydrogen) atoms. The van der Waals surface area contributed by atoms with Crippen molar-refractivity contribution in [3.05, 3.63) is 71.3 Å². The number of alkyl halides is 3. The second kappa shape index (κ2) is 9.35. The lowest BCUT2D eigenvalue weighted by molar-refractivity contribution is -0.137. The van der Waals surface area contributed by atoms with E-state index in [0.717, 1.165) is 37.0 Å². The molecule has 1 N–H and O–H groups in total. The monoisotopic (exact) mass is 444 g/mol. The number of nitrogens with zero attached hydrogens (tertiary/aromatic N) is 1. The number of carbonyl (C=O) groups excluding carboxylic acids is 2. The summed E-state index contributed by atoms with van der Waals surface area (Å²) in [6, 6.07) is 14.0. The summed E-state index contributed by atoms with van der Waals surface area (Å²) >= 11 is 0. The van der Waals surface area contributed by atoms with E-state index in [4.69, 9.17) is 0 Å². The molecule has 2 aliphatic heterocycles. The Labute approximate surface area is 185 Å². The van der Waals surface area contributed by atoms with Crippen molar-refractivity contribution in [3.8, 4) is 0 Å². The molecular formula is C25H27F3N2O2. The van der Waals surface area contributed by atoms with Gasteiger partial charge in [0.1, 0.15) is 0 Å². The van der Waals surface area contributed by atoms with Crippen LogP contribution in [-0.4, -0.2) is 28.8 Å². The van der Waals surface area contributed by atoms with Crippen LogP contribution < -0.4 is 5.32 Å². The molecule has 170 valence electrons. The minimum Gasteiger partial charge on any atom is -0.351 e. The summed E-state index contributed by atoms with van der Waals surface area (Å²) in [6.07, 6.45) is -0.452. The topological polar surface area (TPSA) is 49.4 Å². The number of nitrogens with one attached hydrogen (secondary N) is 1. The third-order valence-corrected chi connectivity index (χ3v) is 6.49. The quantitative estimate of drug-likeness (QED) is 0.718. The molecule has 2 aromatic carbocycles. The van der Waals surface area contributed by atoms with Crippen LogP contribution in [0, 0.1) is 0 Å². The lowest BCUT2D eigenvalue weighted by atomic mass is 9.97. The average molecular weight is 444 g/mol. The molecule has 0 bridgehead atoms. The summed E-state index contributed by atoms with van der Waals surface area (Å²) < 4.78 is 40.0. The van der Waals surface area contributed by atoms with Gasteiger partial charge in [-0.05, 0) is 48.9 Å². The van der Waals surface area contributed by atoms with Gasteiger partial charge in [-0.3, -0.25) is 9.59 Å². The van der Waals surface area contributed by atoms with Crippen LogP contribution in [-0.2, 0) is 22.2 Å².